The summed E-state index contributed by atoms with van der Waals surface area (Å²) < 4.78 is 0. The molecule has 3 heteroatoms. The maximum absolute atomic E-state index is 12.2. The Balaban J connectivity index is 1.94. The number of fused-ring (bicyclic) bond motifs is 1. The summed E-state index contributed by atoms with van der Waals surface area (Å²) in [5.74, 6) is 0.693. The minimum Gasteiger partial charge on any atom is -0.346 e. The molecule has 0 unspecified atom stereocenters. The van der Waals surface area contributed by atoms with E-state index in [9.17, 15) is 9.59 Å². The van der Waals surface area contributed by atoms with E-state index in [0.29, 0.717) is 5.92 Å². The molecule has 3 nitrogen and oxygen atoms in total. The standard InChI is InChI=1S/C13H15NO2/c15-11-7-4-5-9-10(11)12(16)14-13(9)6-2-1-3-8(7)13/h2,6-10H,1,3-5H2,(H,14,16)/t7-,8+,9-,10-,13-/m1/s1. The molecule has 1 amide bonds. The highest BCUT2D eigenvalue weighted by Gasteiger charge is 2.67. The Morgan fingerprint density at radius 3 is 2.94 bits per heavy atom. The molecule has 16 heavy (non-hydrogen) atoms. The SMILES string of the molecule is O=C1N[C@]23C=CCC[C@H]2[C@H]2CC[C@@H]3[C@@H]1C2=O. The highest BCUT2D eigenvalue weighted by Crippen LogP contribution is 2.58. The third-order valence-corrected chi connectivity index (χ3v) is 5.24. The summed E-state index contributed by atoms with van der Waals surface area (Å²) in [4.78, 5) is 24.2. The van der Waals surface area contributed by atoms with Crippen molar-refractivity contribution in [3.05, 3.63) is 12.2 Å². The van der Waals surface area contributed by atoms with Crippen molar-refractivity contribution in [2.24, 2.45) is 23.7 Å². The zero-order valence-electron chi connectivity index (χ0n) is 9.11. The number of hydrogen-bond acceptors (Lipinski definition) is 2. The van der Waals surface area contributed by atoms with Crippen molar-refractivity contribution in [3.63, 3.8) is 0 Å². The van der Waals surface area contributed by atoms with Gasteiger partial charge in [0.05, 0.1) is 5.54 Å². The first kappa shape index (κ1) is 8.97. The van der Waals surface area contributed by atoms with Crippen LogP contribution < -0.4 is 5.32 Å². The van der Waals surface area contributed by atoms with E-state index >= 15 is 0 Å². The summed E-state index contributed by atoms with van der Waals surface area (Å²) in [5.41, 5.74) is -0.142. The molecule has 1 heterocycles. The predicted molar refractivity (Wildman–Crippen MR) is 57.4 cm³/mol. The van der Waals surface area contributed by atoms with E-state index < -0.39 is 0 Å². The number of allylic oxidation sites excluding steroid dienone is 1. The van der Waals surface area contributed by atoms with E-state index in [2.05, 4.69) is 17.5 Å². The van der Waals surface area contributed by atoms with Crippen LogP contribution in [-0.4, -0.2) is 17.2 Å². The Hall–Kier alpha value is -1.12. The van der Waals surface area contributed by atoms with Gasteiger partial charge in [-0.05, 0) is 31.6 Å². The van der Waals surface area contributed by atoms with Crippen LogP contribution in [0, 0.1) is 23.7 Å². The molecule has 4 bridgehead atoms. The van der Waals surface area contributed by atoms with Crippen molar-refractivity contribution in [2.75, 3.05) is 0 Å². The highest BCUT2D eigenvalue weighted by atomic mass is 16.2. The van der Waals surface area contributed by atoms with E-state index in [4.69, 9.17) is 0 Å². The summed E-state index contributed by atoms with van der Waals surface area (Å²) in [5, 5.41) is 3.15. The average Bonchev–Trinajstić information content (AvgIpc) is 2.54. The molecule has 5 rings (SSSR count). The second-order valence-electron chi connectivity index (χ2n) is 5.68. The fraction of sp³-hybridized carbons (Fsp3) is 0.692. The van der Waals surface area contributed by atoms with Gasteiger partial charge in [0.15, 0.2) is 0 Å². The van der Waals surface area contributed by atoms with Gasteiger partial charge in [-0.2, -0.15) is 0 Å². The third-order valence-electron chi connectivity index (χ3n) is 5.24. The molecule has 1 N–H and O–H groups in total. The van der Waals surface area contributed by atoms with Crippen molar-refractivity contribution in [1.82, 2.24) is 5.32 Å². The van der Waals surface area contributed by atoms with Crippen molar-refractivity contribution >= 4 is 11.7 Å². The Morgan fingerprint density at radius 2 is 2.06 bits per heavy atom. The number of carbonyl (C=O) groups excluding carboxylic acids is 2. The number of carbonyl (C=O) groups is 2. The van der Waals surface area contributed by atoms with Gasteiger partial charge >= 0.3 is 0 Å². The molecule has 0 aromatic rings. The number of amides is 1. The minimum absolute atomic E-state index is 0.00579. The molecule has 3 saturated carbocycles. The zero-order valence-corrected chi connectivity index (χ0v) is 9.11. The predicted octanol–water partition coefficient (Wildman–Crippen LogP) is 1.05. The van der Waals surface area contributed by atoms with Gasteiger partial charge in [-0.3, -0.25) is 9.59 Å². The monoisotopic (exact) mass is 217 g/mol. The van der Waals surface area contributed by atoms with Crippen molar-refractivity contribution < 1.29 is 9.59 Å². The maximum atomic E-state index is 12.2. The molecule has 1 aliphatic heterocycles. The van der Waals surface area contributed by atoms with Gasteiger partial charge in [-0.25, -0.2) is 0 Å². The van der Waals surface area contributed by atoms with Crippen LogP contribution in [0.4, 0.5) is 0 Å². The van der Waals surface area contributed by atoms with Crippen LogP contribution in [0.5, 0.6) is 0 Å². The Morgan fingerprint density at radius 1 is 1.19 bits per heavy atom. The molecule has 0 aromatic heterocycles. The summed E-state index contributed by atoms with van der Waals surface area (Å²) >= 11 is 0. The van der Waals surface area contributed by atoms with Crippen LogP contribution in [0.15, 0.2) is 12.2 Å². The van der Waals surface area contributed by atoms with Gasteiger partial charge in [0, 0.05) is 11.8 Å². The molecule has 5 aliphatic rings. The first-order chi connectivity index (χ1) is 7.74. The maximum Gasteiger partial charge on any atom is 0.231 e. The van der Waals surface area contributed by atoms with E-state index in [-0.39, 0.29) is 35.0 Å². The summed E-state index contributed by atoms with van der Waals surface area (Å²) in [6.45, 7) is 0. The summed E-state index contributed by atoms with van der Waals surface area (Å²) in [6.07, 6.45) is 8.56. The number of rotatable bonds is 0. The fourth-order valence-corrected chi connectivity index (χ4v) is 4.69. The van der Waals surface area contributed by atoms with Gasteiger partial charge in [0.2, 0.25) is 5.91 Å². The van der Waals surface area contributed by atoms with Gasteiger partial charge in [-0.1, -0.05) is 12.2 Å². The lowest BCUT2D eigenvalue weighted by Gasteiger charge is -2.53. The van der Waals surface area contributed by atoms with Crippen molar-refractivity contribution in [1.29, 1.82) is 0 Å². The van der Waals surface area contributed by atoms with Gasteiger partial charge in [0.25, 0.3) is 0 Å². The molecule has 4 fully saturated rings. The Bertz CT molecular complexity index is 428. The summed E-state index contributed by atoms with van der Waals surface area (Å²) in [7, 11) is 0. The molecule has 84 valence electrons. The van der Waals surface area contributed by atoms with E-state index in [0.717, 1.165) is 25.7 Å². The van der Waals surface area contributed by atoms with Crippen LogP contribution in [0.1, 0.15) is 25.7 Å². The molecule has 0 radical (unpaired) electrons. The summed E-state index contributed by atoms with van der Waals surface area (Å²) in [6, 6.07) is 0. The highest BCUT2D eigenvalue weighted by molar-refractivity contribution is 6.07. The second kappa shape index (κ2) is 2.58. The first-order valence-electron chi connectivity index (χ1n) is 6.27. The topological polar surface area (TPSA) is 46.2 Å². The van der Waals surface area contributed by atoms with Gasteiger partial charge in [0.1, 0.15) is 11.7 Å². The van der Waals surface area contributed by atoms with Crippen LogP contribution in [0.3, 0.4) is 0 Å². The third kappa shape index (κ3) is 0.761. The fourth-order valence-electron chi connectivity index (χ4n) is 4.69. The molecule has 0 aromatic carbocycles. The van der Waals surface area contributed by atoms with Crippen molar-refractivity contribution in [2.45, 2.75) is 31.2 Å². The lowest BCUT2D eigenvalue weighted by molar-refractivity contribution is -0.143. The van der Waals surface area contributed by atoms with Gasteiger partial charge < -0.3 is 5.32 Å². The van der Waals surface area contributed by atoms with E-state index in [1.54, 1.807) is 0 Å². The average molecular weight is 217 g/mol. The van der Waals surface area contributed by atoms with Crippen LogP contribution in [-0.2, 0) is 9.59 Å². The Labute approximate surface area is 94.3 Å². The number of Topliss-reactive ketones (excluding diaryl/α,β-unsaturated/α-hetero) is 1. The van der Waals surface area contributed by atoms with Crippen molar-refractivity contribution in [3.8, 4) is 0 Å². The van der Waals surface area contributed by atoms with E-state index in [1.165, 1.54) is 0 Å². The number of hydrogen-bond donors (Lipinski definition) is 1. The van der Waals surface area contributed by atoms with Crippen LogP contribution >= 0.6 is 0 Å². The quantitative estimate of drug-likeness (QED) is 0.487. The first-order valence-corrected chi connectivity index (χ1v) is 6.27. The lowest BCUT2D eigenvalue weighted by atomic mass is 9.50. The molecular formula is C13H15NO2. The van der Waals surface area contributed by atoms with Crippen LogP contribution in [0.25, 0.3) is 0 Å². The second-order valence-corrected chi connectivity index (χ2v) is 5.68. The molecule has 5 atom stereocenters. The largest absolute Gasteiger partial charge is 0.346 e. The normalized spacial score (nSPS) is 52.8. The molecular weight excluding hydrogens is 202 g/mol. The van der Waals surface area contributed by atoms with Crippen LogP contribution in [0.2, 0.25) is 0 Å². The molecule has 4 aliphatic carbocycles. The Kier molecular flexibility index (Phi) is 1.45. The minimum atomic E-state index is -0.322. The molecule has 1 saturated heterocycles. The van der Waals surface area contributed by atoms with Gasteiger partial charge in [-0.15, -0.1) is 0 Å². The molecule has 1 spiro atoms. The lowest BCUT2D eigenvalue weighted by Crippen LogP contribution is -2.61. The zero-order chi connectivity index (χ0) is 10.9. The van der Waals surface area contributed by atoms with E-state index in [1.807, 2.05) is 0 Å². The number of ketones is 1. The number of nitrogens with one attached hydrogen (secondary N) is 1. The smallest absolute Gasteiger partial charge is 0.231 e.